The molecule has 0 spiro atoms. The first kappa shape index (κ1) is 21.6. The quantitative estimate of drug-likeness (QED) is 0.784. The van der Waals surface area contributed by atoms with Gasteiger partial charge in [0, 0.05) is 13.1 Å². The van der Waals surface area contributed by atoms with Crippen molar-refractivity contribution in [1.29, 1.82) is 5.26 Å². The molecule has 150 valence electrons. The van der Waals surface area contributed by atoms with E-state index in [4.69, 9.17) is 15.2 Å². The van der Waals surface area contributed by atoms with Crippen LogP contribution in [0.25, 0.3) is 0 Å². The lowest BCUT2D eigenvalue weighted by Crippen LogP contribution is -2.58. The van der Waals surface area contributed by atoms with Crippen LogP contribution in [-0.4, -0.2) is 52.3 Å². The van der Waals surface area contributed by atoms with Gasteiger partial charge in [-0.05, 0) is 36.6 Å². The minimum atomic E-state index is -0.484. The monoisotopic (exact) mass is 393 g/mol. The Morgan fingerprint density at radius 1 is 1.10 bits per heavy atom. The number of amides is 2. The number of nitriles is 1. The topological polar surface area (TPSA) is 102 Å². The average molecular weight is 393 g/mol. The molecule has 1 atom stereocenters. The van der Waals surface area contributed by atoms with Crippen LogP contribution >= 0.6 is 0 Å². The molecule has 0 bridgehead atoms. The Morgan fingerprint density at radius 2 is 1.72 bits per heavy atom. The molecule has 3 rings (SSSR count). The number of carboxylic acid groups (broad SMARTS) is 1. The Bertz CT molecular complexity index is 875. The van der Waals surface area contributed by atoms with Crippen LogP contribution in [0.2, 0.25) is 0 Å². The summed E-state index contributed by atoms with van der Waals surface area (Å²) in [6.07, 6.45) is 0.738. The lowest BCUT2D eigenvalue weighted by Gasteiger charge is -2.38. The van der Waals surface area contributed by atoms with E-state index in [2.05, 4.69) is 6.07 Å². The standard InChI is InChI=1S/C21H21N3O2.CH2O2/c1-16-21(26)23(12-11-17-5-3-2-4-6-17)15-20(25)24(16)14-19-9-7-18(13-22)8-10-19;2-1-3/h2-10,16H,11-12,14-15H2,1H3;1H,(H,2,3)/t16-;/m0./s1. The molecule has 1 aliphatic heterocycles. The highest BCUT2D eigenvalue weighted by atomic mass is 16.3. The zero-order valence-electron chi connectivity index (χ0n) is 16.2. The molecule has 1 N–H and O–H groups in total. The third-order valence-corrected chi connectivity index (χ3v) is 4.73. The van der Waals surface area contributed by atoms with Gasteiger partial charge in [0.05, 0.1) is 18.2 Å². The van der Waals surface area contributed by atoms with Crippen LogP contribution in [0.15, 0.2) is 54.6 Å². The molecule has 0 saturated carbocycles. The van der Waals surface area contributed by atoms with Crippen LogP contribution in [0.3, 0.4) is 0 Å². The number of carbonyl (C=O) groups excluding carboxylic acids is 2. The predicted octanol–water partition coefficient (Wildman–Crippen LogP) is 2.06. The van der Waals surface area contributed by atoms with Gasteiger partial charge < -0.3 is 14.9 Å². The second kappa shape index (κ2) is 10.6. The highest BCUT2D eigenvalue weighted by Gasteiger charge is 2.36. The molecule has 2 aromatic rings. The maximum atomic E-state index is 12.7. The number of carbonyl (C=O) groups is 3. The van der Waals surface area contributed by atoms with Crippen molar-refractivity contribution < 1.29 is 19.5 Å². The molecule has 7 heteroatoms. The van der Waals surface area contributed by atoms with Crippen molar-refractivity contribution in [3.05, 3.63) is 71.3 Å². The van der Waals surface area contributed by atoms with Crippen molar-refractivity contribution in [3.63, 3.8) is 0 Å². The van der Waals surface area contributed by atoms with Crippen molar-refractivity contribution in [2.24, 2.45) is 0 Å². The van der Waals surface area contributed by atoms with Crippen LogP contribution in [0.1, 0.15) is 23.6 Å². The smallest absolute Gasteiger partial charge is 0.290 e. The SMILES string of the molecule is C[C@H]1C(=O)N(CCc2ccccc2)CC(=O)N1Cc1ccc(C#N)cc1.O=CO. The van der Waals surface area contributed by atoms with E-state index in [0.717, 1.165) is 17.5 Å². The van der Waals surface area contributed by atoms with E-state index in [1.165, 1.54) is 0 Å². The van der Waals surface area contributed by atoms with Gasteiger partial charge in [0.15, 0.2) is 0 Å². The van der Waals surface area contributed by atoms with E-state index in [9.17, 15) is 9.59 Å². The molecule has 1 aliphatic rings. The first-order valence-corrected chi connectivity index (χ1v) is 9.19. The Labute approximate surface area is 169 Å². The predicted molar refractivity (Wildman–Crippen MR) is 107 cm³/mol. The molecule has 0 radical (unpaired) electrons. The van der Waals surface area contributed by atoms with Gasteiger partial charge in [-0.1, -0.05) is 42.5 Å². The largest absolute Gasteiger partial charge is 0.483 e. The minimum Gasteiger partial charge on any atom is -0.483 e. The van der Waals surface area contributed by atoms with Crippen LogP contribution in [0, 0.1) is 11.3 Å². The molecule has 0 aliphatic carbocycles. The Balaban J connectivity index is 0.000000941. The third kappa shape index (κ3) is 5.91. The van der Waals surface area contributed by atoms with Crippen LogP contribution in [0.4, 0.5) is 0 Å². The van der Waals surface area contributed by atoms with E-state index >= 15 is 0 Å². The van der Waals surface area contributed by atoms with Crippen molar-refractivity contribution in [2.45, 2.75) is 25.9 Å². The summed E-state index contributed by atoms with van der Waals surface area (Å²) < 4.78 is 0. The van der Waals surface area contributed by atoms with Gasteiger partial charge in [-0.15, -0.1) is 0 Å². The average Bonchev–Trinajstić information content (AvgIpc) is 2.74. The highest BCUT2D eigenvalue weighted by molar-refractivity contribution is 5.94. The molecule has 1 saturated heterocycles. The number of piperazine rings is 1. The zero-order valence-corrected chi connectivity index (χ0v) is 16.2. The molecule has 0 unspecified atom stereocenters. The van der Waals surface area contributed by atoms with Gasteiger partial charge in [0.25, 0.3) is 6.47 Å². The van der Waals surface area contributed by atoms with Gasteiger partial charge in [-0.25, -0.2) is 0 Å². The van der Waals surface area contributed by atoms with Crippen molar-refractivity contribution >= 4 is 18.3 Å². The molecule has 2 amide bonds. The fourth-order valence-corrected chi connectivity index (χ4v) is 3.15. The summed E-state index contributed by atoms with van der Waals surface area (Å²) in [5, 5.41) is 15.8. The summed E-state index contributed by atoms with van der Waals surface area (Å²) >= 11 is 0. The lowest BCUT2D eigenvalue weighted by molar-refractivity contribution is -0.155. The van der Waals surface area contributed by atoms with Crippen molar-refractivity contribution in [3.8, 4) is 6.07 Å². The number of hydrogen-bond donors (Lipinski definition) is 1. The number of hydrogen-bond acceptors (Lipinski definition) is 4. The summed E-state index contributed by atoms with van der Waals surface area (Å²) in [5.41, 5.74) is 2.64. The lowest BCUT2D eigenvalue weighted by atomic mass is 10.1. The molecule has 1 fully saturated rings. The van der Waals surface area contributed by atoms with Gasteiger partial charge in [-0.3, -0.25) is 14.4 Å². The molecule has 0 aromatic heterocycles. The van der Waals surface area contributed by atoms with Gasteiger partial charge in [0.2, 0.25) is 11.8 Å². The summed E-state index contributed by atoms with van der Waals surface area (Å²) in [5.74, 6) is -0.0660. The zero-order chi connectivity index (χ0) is 21.2. The first-order chi connectivity index (χ1) is 14.0. The fraction of sp³-hybridized carbons (Fsp3) is 0.273. The fourth-order valence-electron chi connectivity index (χ4n) is 3.15. The number of benzene rings is 2. The Kier molecular flexibility index (Phi) is 7.92. The van der Waals surface area contributed by atoms with E-state index in [-0.39, 0.29) is 24.8 Å². The second-order valence-electron chi connectivity index (χ2n) is 6.61. The molecular weight excluding hydrogens is 370 g/mol. The van der Waals surface area contributed by atoms with E-state index < -0.39 is 6.04 Å². The van der Waals surface area contributed by atoms with Crippen LogP contribution < -0.4 is 0 Å². The summed E-state index contributed by atoms with van der Waals surface area (Å²) in [6.45, 7) is 2.57. The van der Waals surface area contributed by atoms with E-state index in [1.807, 2.05) is 42.5 Å². The van der Waals surface area contributed by atoms with E-state index in [0.29, 0.717) is 18.7 Å². The van der Waals surface area contributed by atoms with E-state index in [1.54, 1.807) is 28.9 Å². The number of nitrogens with zero attached hydrogens (tertiary/aromatic N) is 3. The summed E-state index contributed by atoms with van der Waals surface area (Å²) in [6, 6.07) is 18.6. The molecule has 2 aromatic carbocycles. The third-order valence-electron chi connectivity index (χ3n) is 4.73. The maximum absolute atomic E-state index is 12.7. The first-order valence-electron chi connectivity index (χ1n) is 9.19. The minimum absolute atomic E-state index is 0.0193. The second-order valence-corrected chi connectivity index (χ2v) is 6.61. The van der Waals surface area contributed by atoms with Gasteiger partial charge in [-0.2, -0.15) is 5.26 Å². The van der Waals surface area contributed by atoms with Crippen molar-refractivity contribution in [2.75, 3.05) is 13.1 Å². The molecular formula is C22H23N3O4. The van der Waals surface area contributed by atoms with Crippen LogP contribution in [0.5, 0.6) is 0 Å². The summed E-state index contributed by atoms with van der Waals surface area (Å²) in [7, 11) is 0. The van der Waals surface area contributed by atoms with Crippen LogP contribution in [-0.2, 0) is 27.3 Å². The van der Waals surface area contributed by atoms with Crippen molar-refractivity contribution in [1.82, 2.24) is 9.80 Å². The maximum Gasteiger partial charge on any atom is 0.290 e. The Hall–Kier alpha value is -3.66. The normalized spacial score (nSPS) is 15.9. The molecule has 1 heterocycles. The summed E-state index contributed by atoms with van der Waals surface area (Å²) in [4.78, 5) is 36.9. The van der Waals surface area contributed by atoms with Gasteiger partial charge >= 0.3 is 0 Å². The molecule has 7 nitrogen and oxygen atoms in total. The van der Waals surface area contributed by atoms with Gasteiger partial charge in [0.1, 0.15) is 6.04 Å². The Morgan fingerprint density at radius 3 is 2.31 bits per heavy atom. The molecule has 29 heavy (non-hydrogen) atoms. The number of rotatable bonds is 5. The highest BCUT2D eigenvalue weighted by Crippen LogP contribution is 2.17.